The molecule has 6 heteroatoms. The van der Waals surface area contributed by atoms with Crippen LogP contribution >= 0.6 is 0 Å². The average molecular weight is 260 g/mol. The number of rotatable bonds is 11. The zero-order valence-electron chi connectivity index (χ0n) is 11.1. The highest BCUT2D eigenvalue weighted by atomic mass is 16.7. The third-order valence-corrected chi connectivity index (χ3v) is 2.46. The first kappa shape index (κ1) is 16.9. The van der Waals surface area contributed by atoms with Crippen molar-refractivity contribution < 1.29 is 19.3 Å². The second kappa shape index (κ2) is 12.3. The summed E-state index contributed by atoms with van der Waals surface area (Å²) in [5.41, 5.74) is 2.64. The maximum Gasteiger partial charge on any atom is 0.324 e. The van der Waals surface area contributed by atoms with Gasteiger partial charge in [-0.3, -0.25) is 9.59 Å². The molecule has 0 aliphatic carbocycles. The molecule has 0 aliphatic rings. The lowest BCUT2D eigenvalue weighted by Crippen LogP contribution is -2.21. The Morgan fingerprint density at radius 2 is 1.67 bits per heavy atom. The fourth-order valence-electron chi connectivity index (χ4n) is 1.40. The van der Waals surface area contributed by atoms with Crippen molar-refractivity contribution in [3.63, 3.8) is 0 Å². The predicted molar refractivity (Wildman–Crippen MR) is 67.0 cm³/mol. The highest BCUT2D eigenvalue weighted by Crippen LogP contribution is 2.02. The molecular formula is C12H24N2O4. The van der Waals surface area contributed by atoms with Crippen LogP contribution in [-0.2, 0) is 19.3 Å². The first-order valence-corrected chi connectivity index (χ1v) is 6.52. The molecule has 0 atom stereocenters. The molecule has 0 unspecified atom stereocenters. The van der Waals surface area contributed by atoms with E-state index in [-0.39, 0.29) is 12.4 Å². The van der Waals surface area contributed by atoms with E-state index in [2.05, 4.69) is 23.1 Å². The van der Waals surface area contributed by atoms with E-state index < -0.39 is 5.97 Å². The van der Waals surface area contributed by atoms with Gasteiger partial charge in [0.05, 0.1) is 0 Å². The Morgan fingerprint density at radius 3 is 2.28 bits per heavy atom. The van der Waals surface area contributed by atoms with Crippen molar-refractivity contribution in [2.45, 2.75) is 58.3 Å². The Balaban J connectivity index is 3.25. The van der Waals surface area contributed by atoms with E-state index in [0.29, 0.717) is 25.8 Å². The highest BCUT2D eigenvalue weighted by Gasteiger charge is 2.05. The Labute approximate surface area is 108 Å². The first-order chi connectivity index (χ1) is 8.70. The van der Waals surface area contributed by atoms with E-state index >= 15 is 0 Å². The Hall–Kier alpha value is -1.14. The normalized spacial score (nSPS) is 10.1. The van der Waals surface area contributed by atoms with Gasteiger partial charge in [-0.25, -0.2) is 0 Å². The molecule has 0 aromatic heterocycles. The summed E-state index contributed by atoms with van der Waals surface area (Å²) in [5, 5.41) is 0. The van der Waals surface area contributed by atoms with Crippen LogP contribution in [0.4, 0.5) is 0 Å². The summed E-state index contributed by atoms with van der Waals surface area (Å²) in [7, 11) is 0. The molecular weight excluding hydrogens is 236 g/mol. The predicted octanol–water partition coefficient (Wildman–Crippen LogP) is 1.59. The molecule has 0 bridgehead atoms. The number of nitrogens with two attached hydrogens (primary N) is 1. The van der Waals surface area contributed by atoms with Gasteiger partial charge in [0.25, 0.3) is 0 Å². The van der Waals surface area contributed by atoms with Crippen molar-refractivity contribution in [1.82, 2.24) is 5.48 Å². The van der Waals surface area contributed by atoms with Crippen LogP contribution in [0, 0.1) is 0 Å². The van der Waals surface area contributed by atoms with Crippen molar-refractivity contribution in [1.29, 1.82) is 0 Å². The van der Waals surface area contributed by atoms with Crippen molar-refractivity contribution in [2.75, 3.05) is 6.54 Å². The van der Waals surface area contributed by atoms with E-state index in [9.17, 15) is 9.59 Å². The molecule has 0 fully saturated rings. The van der Waals surface area contributed by atoms with Crippen LogP contribution in [0.3, 0.4) is 0 Å². The van der Waals surface area contributed by atoms with Crippen molar-refractivity contribution in [2.24, 2.45) is 5.90 Å². The molecule has 0 saturated carbocycles. The Bertz CT molecular complexity index is 234. The van der Waals surface area contributed by atoms with E-state index in [1.54, 1.807) is 0 Å². The van der Waals surface area contributed by atoms with Gasteiger partial charge in [-0.1, -0.05) is 26.2 Å². The molecule has 0 aliphatic heterocycles. The minimum absolute atomic E-state index is 0.230. The van der Waals surface area contributed by atoms with Crippen LogP contribution in [0.1, 0.15) is 58.3 Å². The van der Waals surface area contributed by atoms with Crippen LogP contribution in [0.5, 0.6) is 0 Å². The van der Waals surface area contributed by atoms with Gasteiger partial charge in [0, 0.05) is 19.4 Å². The van der Waals surface area contributed by atoms with Crippen molar-refractivity contribution in [3.8, 4) is 0 Å². The zero-order chi connectivity index (χ0) is 13.6. The van der Waals surface area contributed by atoms with Gasteiger partial charge in [0.15, 0.2) is 0 Å². The standard InChI is InChI=1S/C12H24N2O4/c1-2-3-4-7-10-14-18-12(16)9-6-5-8-11(15)17-13/h14H,2-10,13H2,1H3. The van der Waals surface area contributed by atoms with E-state index in [1.807, 2.05) is 0 Å². The number of unbranched alkanes of at least 4 members (excludes halogenated alkanes) is 4. The minimum Gasteiger partial charge on any atom is -0.373 e. The van der Waals surface area contributed by atoms with Crippen LogP contribution < -0.4 is 11.4 Å². The molecule has 0 saturated heterocycles. The molecule has 6 nitrogen and oxygen atoms in total. The molecule has 0 rings (SSSR count). The topological polar surface area (TPSA) is 90.6 Å². The van der Waals surface area contributed by atoms with Crippen LogP contribution in [0.2, 0.25) is 0 Å². The van der Waals surface area contributed by atoms with Gasteiger partial charge in [-0.05, 0) is 19.3 Å². The van der Waals surface area contributed by atoms with Gasteiger partial charge >= 0.3 is 11.9 Å². The summed E-state index contributed by atoms with van der Waals surface area (Å²) in [6, 6.07) is 0. The molecule has 0 radical (unpaired) electrons. The van der Waals surface area contributed by atoms with Crippen molar-refractivity contribution >= 4 is 11.9 Å². The van der Waals surface area contributed by atoms with Crippen LogP contribution in [0.25, 0.3) is 0 Å². The summed E-state index contributed by atoms with van der Waals surface area (Å²) >= 11 is 0. The van der Waals surface area contributed by atoms with E-state index in [0.717, 1.165) is 12.8 Å². The molecule has 106 valence electrons. The lowest BCUT2D eigenvalue weighted by atomic mass is 10.2. The number of hydroxylamine groups is 1. The Morgan fingerprint density at radius 1 is 1.00 bits per heavy atom. The largest absolute Gasteiger partial charge is 0.373 e. The fourth-order valence-corrected chi connectivity index (χ4v) is 1.40. The van der Waals surface area contributed by atoms with E-state index in [1.165, 1.54) is 12.8 Å². The van der Waals surface area contributed by atoms with Gasteiger partial charge < -0.3 is 9.68 Å². The number of hydrogen-bond acceptors (Lipinski definition) is 6. The summed E-state index contributed by atoms with van der Waals surface area (Å²) in [6.45, 7) is 2.83. The zero-order valence-corrected chi connectivity index (χ0v) is 11.1. The van der Waals surface area contributed by atoms with Crippen molar-refractivity contribution in [3.05, 3.63) is 0 Å². The molecule has 0 heterocycles. The maximum atomic E-state index is 11.2. The highest BCUT2D eigenvalue weighted by molar-refractivity contribution is 5.70. The third-order valence-electron chi connectivity index (χ3n) is 2.46. The molecule has 18 heavy (non-hydrogen) atoms. The summed E-state index contributed by atoms with van der Waals surface area (Å²) in [6.07, 6.45) is 6.21. The quantitative estimate of drug-likeness (QED) is 0.433. The minimum atomic E-state index is -0.461. The first-order valence-electron chi connectivity index (χ1n) is 6.52. The summed E-state index contributed by atoms with van der Waals surface area (Å²) < 4.78 is 0. The molecule has 0 amide bonds. The number of nitrogens with one attached hydrogen (secondary N) is 1. The summed E-state index contributed by atoms with van der Waals surface area (Å²) in [5.74, 6) is 3.92. The second-order valence-electron chi connectivity index (χ2n) is 4.13. The molecule has 0 aromatic carbocycles. The average Bonchev–Trinajstić information content (AvgIpc) is 2.38. The number of hydrogen-bond donors (Lipinski definition) is 2. The Kier molecular flexibility index (Phi) is 11.5. The number of carbonyl (C=O) groups excluding carboxylic acids is 2. The summed E-state index contributed by atoms with van der Waals surface area (Å²) in [4.78, 5) is 30.7. The molecule has 0 spiro atoms. The third kappa shape index (κ3) is 11.3. The molecule has 0 aromatic rings. The van der Waals surface area contributed by atoms with E-state index in [4.69, 9.17) is 4.84 Å². The lowest BCUT2D eigenvalue weighted by Gasteiger charge is -2.05. The van der Waals surface area contributed by atoms with Gasteiger partial charge in [-0.2, -0.15) is 11.4 Å². The monoisotopic (exact) mass is 260 g/mol. The SMILES string of the molecule is CCCCCCNOC(=O)CCCCC(=O)ON. The van der Waals surface area contributed by atoms with Gasteiger partial charge in [-0.15, -0.1) is 0 Å². The smallest absolute Gasteiger partial charge is 0.324 e. The fraction of sp³-hybridized carbons (Fsp3) is 0.833. The lowest BCUT2D eigenvalue weighted by molar-refractivity contribution is -0.151. The van der Waals surface area contributed by atoms with Crippen LogP contribution in [0.15, 0.2) is 0 Å². The number of carbonyl (C=O) groups is 2. The second-order valence-corrected chi connectivity index (χ2v) is 4.13. The van der Waals surface area contributed by atoms with Gasteiger partial charge in [0.2, 0.25) is 0 Å². The maximum absolute atomic E-state index is 11.2. The molecule has 3 N–H and O–H groups in total. The van der Waals surface area contributed by atoms with Crippen LogP contribution in [-0.4, -0.2) is 18.5 Å². The van der Waals surface area contributed by atoms with Gasteiger partial charge in [0.1, 0.15) is 0 Å².